The van der Waals surface area contributed by atoms with Gasteiger partial charge in [-0.1, -0.05) is 11.6 Å². The third kappa shape index (κ3) is 6.05. The number of nitrogens with one attached hydrogen (secondary N) is 1. The summed E-state index contributed by atoms with van der Waals surface area (Å²) in [6.07, 6.45) is 6.99. The van der Waals surface area contributed by atoms with Gasteiger partial charge in [0.2, 0.25) is 5.91 Å². The van der Waals surface area contributed by atoms with Gasteiger partial charge in [0.15, 0.2) is 5.65 Å². The van der Waals surface area contributed by atoms with Gasteiger partial charge >= 0.3 is 6.09 Å². The van der Waals surface area contributed by atoms with Crippen molar-refractivity contribution in [1.29, 1.82) is 0 Å². The molecule has 0 aliphatic carbocycles. The quantitative estimate of drug-likeness (QED) is 0.586. The van der Waals surface area contributed by atoms with E-state index in [2.05, 4.69) is 40.1 Å². The van der Waals surface area contributed by atoms with Crippen LogP contribution in [0.2, 0.25) is 0 Å². The van der Waals surface area contributed by atoms with Gasteiger partial charge in [0.25, 0.3) is 0 Å². The average molecular weight is 538 g/mol. The van der Waals surface area contributed by atoms with Crippen LogP contribution < -0.4 is 10.2 Å². The first-order valence-corrected chi connectivity index (χ1v) is 14.3. The fourth-order valence-electron chi connectivity index (χ4n) is 5.76. The van der Waals surface area contributed by atoms with Crippen molar-refractivity contribution in [3.8, 4) is 0 Å². The maximum atomic E-state index is 13.8. The van der Waals surface area contributed by atoms with Crippen LogP contribution in [0.15, 0.2) is 23.9 Å². The van der Waals surface area contributed by atoms with Crippen LogP contribution in [0.1, 0.15) is 58.7 Å². The van der Waals surface area contributed by atoms with Crippen LogP contribution in [0.5, 0.6) is 0 Å². The van der Waals surface area contributed by atoms with Crippen molar-refractivity contribution in [1.82, 2.24) is 29.7 Å². The Balaban J connectivity index is 1.34. The second-order valence-electron chi connectivity index (χ2n) is 12.3. The predicted octanol–water partition coefficient (Wildman–Crippen LogP) is 3.05. The van der Waals surface area contributed by atoms with E-state index in [0.29, 0.717) is 45.6 Å². The smallest absolute Gasteiger partial charge is 0.410 e. The molecule has 0 bridgehead atoms. The van der Waals surface area contributed by atoms with Crippen molar-refractivity contribution < 1.29 is 14.3 Å². The van der Waals surface area contributed by atoms with E-state index in [-0.39, 0.29) is 24.0 Å². The van der Waals surface area contributed by atoms with Gasteiger partial charge in [-0.25, -0.2) is 9.78 Å². The highest BCUT2D eigenvalue weighted by molar-refractivity contribution is 5.83. The number of hydrogen-bond donors (Lipinski definition) is 1. The minimum absolute atomic E-state index is 0.0380. The first-order chi connectivity index (χ1) is 18.6. The number of anilines is 1. The molecule has 0 atom stereocenters. The van der Waals surface area contributed by atoms with Gasteiger partial charge in [0.1, 0.15) is 11.4 Å². The van der Waals surface area contributed by atoms with Crippen LogP contribution in [0, 0.1) is 5.92 Å². The van der Waals surface area contributed by atoms with Gasteiger partial charge in [0.05, 0.1) is 17.8 Å². The van der Waals surface area contributed by atoms with Crippen molar-refractivity contribution >= 4 is 23.5 Å². The van der Waals surface area contributed by atoms with Crippen molar-refractivity contribution in [2.45, 2.75) is 71.9 Å². The van der Waals surface area contributed by atoms with E-state index >= 15 is 0 Å². The highest BCUT2D eigenvalue weighted by Crippen LogP contribution is 2.33. The molecule has 10 nitrogen and oxygen atoms in total. The van der Waals surface area contributed by atoms with Crippen LogP contribution in [0.3, 0.4) is 0 Å². The summed E-state index contributed by atoms with van der Waals surface area (Å²) in [7, 11) is 0. The van der Waals surface area contributed by atoms with E-state index in [4.69, 9.17) is 9.72 Å². The molecular formula is C29H43N7O3. The summed E-state index contributed by atoms with van der Waals surface area (Å²) in [5.41, 5.74) is 3.61. The van der Waals surface area contributed by atoms with E-state index in [9.17, 15) is 9.59 Å². The molecule has 2 aromatic heterocycles. The number of piperidine rings is 1. The van der Waals surface area contributed by atoms with E-state index < -0.39 is 5.60 Å². The highest BCUT2D eigenvalue weighted by Gasteiger charge is 2.40. The molecule has 5 heterocycles. The Labute approximate surface area is 231 Å². The van der Waals surface area contributed by atoms with Crippen LogP contribution >= 0.6 is 0 Å². The molecule has 10 heteroatoms. The molecule has 0 unspecified atom stereocenters. The maximum absolute atomic E-state index is 13.8. The van der Waals surface area contributed by atoms with Crippen molar-refractivity contribution in [2.24, 2.45) is 5.92 Å². The normalized spacial score (nSPS) is 18.8. The minimum atomic E-state index is -0.535. The Morgan fingerprint density at radius 1 is 1.15 bits per heavy atom. The number of nitrogens with zero attached hydrogens (tertiary/aromatic N) is 6. The van der Waals surface area contributed by atoms with Gasteiger partial charge < -0.3 is 24.8 Å². The van der Waals surface area contributed by atoms with Gasteiger partial charge in [0, 0.05) is 56.8 Å². The molecule has 0 spiro atoms. The third-order valence-corrected chi connectivity index (χ3v) is 7.85. The molecule has 1 N–H and O–H groups in total. The number of rotatable bonds is 5. The zero-order valence-electron chi connectivity index (χ0n) is 24.1. The second kappa shape index (κ2) is 11.2. The number of amides is 2. The molecular weight excluding hydrogens is 494 g/mol. The maximum Gasteiger partial charge on any atom is 0.410 e. The number of hydrogen-bond acceptors (Lipinski definition) is 7. The van der Waals surface area contributed by atoms with E-state index in [1.165, 1.54) is 5.57 Å². The number of aromatic nitrogens is 3. The lowest BCUT2D eigenvalue weighted by molar-refractivity contribution is -0.138. The monoisotopic (exact) mass is 537 g/mol. The largest absolute Gasteiger partial charge is 0.444 e. The van der Waals surface area contributed by atoms with Gasteiger partial charge in [-0.05, 0) is 67.0 Å². The SMILES string of the molecule is CC(C)=CCN(C(=O)C1CN(c2c3c(nc4ccnn24)CCN(C(=O)OC(C)(C)C)CC3)C1)C1CCNCC1. The molecule has 0 saturated carbocycles. The molecule has 212 valence electrons. The van der Waals surface area contributed by atoms with Crippen LogP contribution in [-0.4, -0.2) is 93.9 Å². The topological polar surface area (TPSA) is 95.3 Å². The molecule has 39 heavy (non-hydrogen) atoms. The van der Waals surface area contributed by atoms with Crippen molar-refractivity contribution in [3.63, 3.8) is 0 Å². The second-order valence-corrected chi connectivity index (χ2v) is 12.3. The molecule has 2 fully saturated rings. The van der Waals surface area contributed by atoms with E-state index in [1.54, 1.807) is 11.1 Å². The van der Waals surface area contributed by atoms with Gasteiger partial charge in [-0.15, -0.1) is 0 Å². The average Bonchev–Trinajstić information content (AvgIpc) is 3.21. The standard InChI is InChI=1S/C29H43N7O3/c1-20(2)9-17-35(22-6-12-30-13-7-22)27(37)21-18-34(19-21)26-23-10-15-33(28(38)39-29(3,4)5)16-11-24(23)32-25-8-14-31-36(25)26/h8-9,14,21-22,30H,6-7,10-13,15-19H2,1-5H3. The minimum Gasteiger partial charge on any atom is -0.444 e. The predicted molar refractivity (Wildman–Crippen MR) is 151 cm³/mol. The van der Waals surface area contributed by atoms with Gasteiger partial charge in [-0.3, -0.25) is 4.79 Å². The lowest BCUT2D eigenvalue weighted by Crippen LogP contribution is -2.58. The van der Waals surface area contributed by atoms with Crippen LogP contribution in [0.4, 0.5) is 10.6 Å². The molecule has 3 aliphatic rings. The third-order valence-electron chi connectivity index (χ3n) is 7.85. The summed E-state index contributed by atoms with van der Waals surface area (Å²) in [5.74, 6) is 1.22. The number of carbonyl (C=O) groups excluding carboxylic acids is 2. The Morgan fingerprint density at radius 2 is 1.87 bits per heavy atom. The molecule has 2 saturated heterocycles. The molecule has 3 aliphatic heterocycles. The van der Waals surface area contributed by atoms with Crippen molar-refractivity contribution in [3.05, 3.63) is 35.2 Å². The van der Waals surface area contributed by atoms with Crippen LogP contribution in [0.25, 0.3) is 5.65 Å². The molecule has 5 rings (SSSR count). The number of allylic oxidation sites excluding steroid dienone is 1. The Hall–Kier alpha value is -3.14. The Morgan fingerprint density at radius 3 is 2.56 bits per heavy atom. The number of fused-ring (bicyclic) bond motifs is 2. The summed E-state index contributed by atoms with van der Waals surface area (Å²) in [6.45, 7) is 14.9. The lowest BCUT2D eigenvalue weighted by Gasteiger charge is -2.44. The fourth-order valence-corrected chi connectivity index (χ4v) is 5.76. The molecule has 0 aromatic carbocycles. The highest BCUT2D eigenvalue weighted by atomic mass is 16.6. The number of ether oxygens (including phenoxy) is 1. The van der Waals surface area contributed by atoms with E-state index in [1.807, 2.05) is 31.4 Å². The first kappa shape index (κ1) is 27.4. The fraction of sp³-hybridized carbons (Fsp3) is 0.655. The number of carbonyl (C=O) groups is 2. The molecule has 2 aromatic rings. The van der Waals surface area contributed by atoms with Crippen molar-refractivity contribution in [2.75, 3.05) is 50.7 Å². The Kier molecular flexibility index (Phi) is 7.84. The summed E-state index contributed by atoms with van der Waals surface area (Å²) in [6, 6.07) is 2.21. The Bertz CT molecular complexity index is 1230. The summed E-state index contributed by atoms with van der Waals surface area (Å²) >= 11 is 0. The summed E-state index contributed by atoms with van der Waals surface area (Å²) in [4.78, 5) is 37.6. The van der Waals surface area contributed by atoms with E-state index in [0.717, 1.165) is 48.7 Å². The first-order valence-electron chi connectivity index (χ1n) is 14.3. The molecule has 2 amide bonds. The molecule has 0 radical (unpaired) electrons. The summed E-state index contributed by atoms with van der Waals surface area (Å²) < 4.78 is 7.54. The zero-order valence-corrected chi connectivity index (χ0v) is 24.1. The van der Waals surface area contributed by atoms with Gasteiger partial charge in [-0.2, -0.15) is 9.61 Å². The van der Waals surface area contributed by atoms with Crippen LogP contribution in [-0.2, 0) is 22.4 Å². The zero-order chi connectivity index (χ0) is 27.7. The summed E-state index contributed by atoms with van der Waals surface area (Å²) in [5, 5.41) is 8.01. The lowest BCUT2D eigenvalue weighted by atomic mass is 9.94.